The summed E-state index contributed by atoms with van der Waals surface area (Å²) in [5.41, 5.74) is 2.48. The number of aromatic nitrogens is 2. The molecule has 0 unspecified atom stereocenters. The van der Waals surface area contributed by atoms with Gasteiger partial charge in [0.15, 0.2) is 0 Å². The van der Waals surface area contributed by atoms with Gasteiger partial charge in [0.05, 0.1) is 11.9 Å². The monoisotopic (exact) mass is 367 g/mol. The van der Waals surface area contributed by atoms with Crippen molar-refractivity contribution < 1.29 is 0 Å². The van der Waals surface area contributed by atoms with E-state index < -0.39 is 0 Å². The summed E-state index contributed by atoms with van der Waals surface area (Å²) in [6, 6.07) is 10.6. The van der Waals surface area contributed by atoms with Crippen molar-refractivity contribution in [2.45, 2.75) is 6.54 Å². The van der Waals surface area contributed by atoms with Gasteiger partial charge in [-0.25, -0.2) is 9.97 Å². The summed E-state index contributed by atoms with van der Waals surface area (Å²) in [7, 11) is 6.31. The van der Waals surface area contributed by atoms with Gasteiger partial charge in [-0.15, -0.1) is 11.3 Å². The molecule has 0 aliphatic carbocycles. The van der Waals surface area contributed by atoms with Gasteiger partial charge in [-0.2, -0.15) is 0 Å². The maximum Gasteiger partial charge on any atom is 0.146 e. The minimum atomic E-state index is 0.759. The number of nitrogens with zero attached hydrogens (tertiary/aromatic N) is 5. The predicted octanol–water partition coefficient (Wildman–Crippen LogP) is 3.17. The zero-order valence-electron chi connectivity index (χ0n) is 15.6. The fourth-order valence-corrected chi connectivity index (χ4v) is 4.36. The van der Waals surface area contributed by atoms with Crippen molar-refractivity contribution >= 4 is 27.4 Å². The van der Waals surface area contributed by atoms with Crippen molar-refractivity contribution in [3.63, 3.8) is 0 Å². The van der Waals surface area contributed by atoms with E-state index in [-0.39, 0.29) is 0 Å². The van der Waals surface area contributed by atoms with Crippen molar-refractivity contribution in [3.8, 4) is 11.1 Å². The van der Waals surface area contributed by atoms with Crippen LogP contribution in [0.1, 0.15) is 5.82 Å². The third kappa shape index (κ3) is 3.45. The smallest absolute Gasteiger partial charge is 0.146 e. The maximum atomic E-state index is 5.01. The zero-order valence-corrected chi connectivity index (χ0v) is 16.5. The second-order valence-corrected chi connectivity index (χ2v) is 8.05. The molecule has 1 fully saturated rings. The molecule has 0 atom stereocenters. The van der Waals surface area contributed by atoms with Crippen molar-refractivity contribution in [1.29, 1.82) is 0 Å². The van der Waals surface area contributed by atoms with Crippen molar-refractivity contribution in [1.82, 2.24) is 19.8 Å². The van der Waals surface area contributed by atoms with Gasteiger partial charge in [0.2, 0.25) is 0 Å². The topological polar surface area (TPSA) is 35.5 Å². The molecule has 3 heterocycles. The maximum absolute atomic E-state index is 5.01. The van der Waals surface area contributed by atoms with Gasteiger partial charge in [0, 0.05) is 37.1 Å². The Balaban J connectivity index is 1.85. The molecule has 1 aromatic carbocycles. The lowest BCUT2D eigenvalue weighted by Gasteiger charge is -2.34. The molecule has 3 aromatic rings. The Hall–Kier alpha value is -2.02. The van der Waals surface area contributed by atoms with Crippen LogP contribution in [0.4, 0.5) is 5.82 Å². The molecule has 6 heteroatoms. The lowest BCUT2D eigenvalue weighted by molar-refractivity contribution is 0.312. The Bertz CT molecular complexity index is 882. The molecule has 4 rings (SSSR count). The van der Waals surface area contributed by atoms with Crippen LogP contribution >= 0.6 is 11.3 Å². The molecule has 0 radical (unpaired) electrons. The molecule has 0 N–H and O–H groups in total. The van der Waals surface area contributed by atoms with E-state index >= 15 is 0 Å². The molecule has 136 valence electrons. The van der Waals surface area contributed by atoms with Gasteiger partial charge >= 0.3 is 0 Å². The number of thiophene rings is 1. The minimum Gasteiger partial charge on any atom is -0.353 e. The van der Waals surface area contributed by atoms with Gasteiger partial charge in [-0.05, 0) is 26.7 Å². The van der Waals surface area contributed by atoms with Crippen LogP contribution in [0, 0.1) is 0 Å². The summed E-state index contributed by atoms with van der Waals surface area (Å²) in [5.74, 6) is 2.00. The van der Waals surface area contributed by atoms with E-state index in [4.69, 9.17) is 9.97 Å². The number of hydrogen-bond acceptors (Lipinski definition) is 6. The number of rotatable bonds is 4. The summed E-state index contributed by atoms with van der Waals surface area (Å²) in [4.78, 5) is 17.9. The first kappa shape index (κ1) is 17.4. The lowest BCUT2D eigenvalue weighted by Crippen LogP contribution is -2.45. The van der Waals surface area contributed by atoms with Crippen molar-refractivity contribution in [2.75, 3.05) is 52.2 Å². The highest BCUT2D eigenvalue weighted by Gasteiger charge is 2.22. The molecule has 1 aliphatic rings. The fourth-order valence-electron chi connectivity index (χ4n) is 3.40. The van der Waals surface area contributed by atoms with Crippen LogP contribution in [0.25, 0.3) is 21.3 Å². The molecular formula is C20H25N5S. The van der Waals surface area contributed by atoms with Crippen LogP contribution in [0.5, 0.6) is 0 Å². The van der Waals surface area contributed by atoms with E-state index in [2.05, 4.69) is 71.6 Å². The number of fused-ring (bicyclic) bond motifs is 1. The average molecular weight is 368 g/mol. The number of anilines is 1. The first-order valence-electron chi connectivity index (χ1n) is 9.03. The summed E-state index contributed by atoms with van der Waals surface area (Å²) < 4.78 is 0. The molecule has 2 aromatic heterocycles. The third-order valence-corrected chi connectivity index (χ3v) is 5.68. The first-order chi connectivity index (χ1) is 12.6. The Morgan fingerprint density at radius 2 is 1.77 bits per heavy atom. The lowest BCUT2D eigenvalue weighted by atomic mass is 10.1. The van der Waals surface area contributed by atoms with Crippen LogP contribution in [0.2, 0.25) is 0 Å². The van der Waals surface area contributed by atoms with Crippen LogP contribution in [-0.2, 0) is 6.54 Å². The van der Waals surface area contributed by atoms with E-state index in [0.29, 0.717) is 0 Å². The van der Waals surface area contributed by atoms with E-state index in [1.807, 2.05) is 0 Å². The molecule has 0 bridgehead atoms. The van der Waals surface area contributed by atoms with Gasteiger partial charge in [-0.1, -0.05) is 30.3 Å². The Morgan fingerprint density at radius 3 is 2.46 bits per heavy atom. The molecule has 0 saturated carbocycles. The molecule has 0 spiro atoms. The largest absolute Gasteiger partial charge is 0.353 e. The van der Waals surface area contributed by atoms with Gasteiger partial charge < -0.3 is 14.7 Å². The third-order valence-electron chi connectivity index (χ3n) is 4.81. The van der Waals surface area contributed by atoms with Crippen LogP contribution in [0.15, 0.2) is 35.7 Å². The molecule has 1 aliphatic heterocycles. The van der Waals surface area contributed by atoms with E-state index in [0.717, 1.165) is 49.2 Å². The van der Waals surface area contributed by atoms with E-state index in [9.17, 15) is 0 Å². The summed E-state index contributed by atoms with van der Waals surface area (Å²) in [6.45, 7) is 4.91. The molecule has 0 amide bonds. The summed E-state index contributed by atoms with van der Waals surface area (Å²) in [6.07, 6.45) is 0. The Labute approximate surface area is 158 Å². The first-order valence-corrected chi connectivity index (χ1v) is 9.91. The molecule has 5 nitrogen and oxygen atoms in total. The predicted molar refractivity (Wildman–Crippen MR) is 110 cm³/mol. The van der Waals surface area contributed by atoms with Crippen molar-refractivity contribution in [2.24, 2.45) is 0 Å². The van der Waals surface area contributed by atoms with Gasteiger partial charge in [0.1, 0.15) is 16.5 Å². The number of piperazine rings is 1. The second kappa shape index (κ2) is 7.31. The van der Waals surface area contributed by atoms with E-state index in [1.165, 1.54) is 16.5 Å². The Morgan fingerprint density at radius 1 is 1.04 bits per heavy atom. The van der Waals surface area contributed by atoms with Crippen LogP contribution < -0.4 is 4.90 Å². The van der Waals surface area contributed by atoms with Crippen molar-refractivity contribution in [3.05, 3.63) is 41.5 Å². The highest BCUT2D eigenvalue weighted by Crippen LogP contribution is 2.38. The second-order valence-electron chi connectivity index (χ2n) is 7.19. The van der Waals surface area contributed by atoms with Gasteiger partial charge in [0.25, 0.3) is 0 Å². The SMILES string of the molecule is CN(C)Cc1nc(N2CCN(C)CC2)c2c(-c3ccccc3)csc2n1. The standard InChI is InChI=1S/C20H25N5S/c1-23(2)13-17-21-19(25-11-9-24(3)10-12-25)18-16(14-26-20(18)22-17)15-7-5-4-6-8-15/h4-8,14H,9-13H2,1-3H3. The molecular weight excluding hydrogens is 342 g/mol. The quantitative estimate of drug-likeness (QED) is 0.708. The Kier molecular flexibility index (Phi) is 4.89. The number of likely N-dealkylation sites (N-methyl/N-ethyl adjacent to an activating group) is 1. The summed E-state index contributed by atoms with van der Waals surface area (Å²) >= 11 is 1.72. The van der Waals surface area contributed by atoms with Gasteiger partial charge in [-0.3, -0.25) is 0 Å². The highest BCUT2D eigenvalue weighted by molar-refractivity contribution is 7.17. The fraction of sp³-hybridized carbons (Fsp3) is 0.400. The van der Waals surface area contributed by atoms with E-state index in [1.54, 1.807) is 11.3 Å². The average Bonchev–Trinajstić information content (AvgIpc) is 3.06. The summed E-state index contributed by atoms with van der Waals surface area (Å²) in [5, 5.41) is 3.43. The molecule has 1 saturated heterocycles. The molecule has 26 heavy (non-hydrogen) atoms. The number of hydrogen-bond donors (Lipinski definition) is 0. The van der Waals surface area contributed by atoms with Crippen LogP contribution in [-0.4, -0.2) is 67.1 Å². The zero-order chi connectivity index (χ0) is 18.1. The van der Waals surface area contributed by atoms with Crippen LogP contribution in [0.3, 0.4) is 0 Å². The highest BCUT2D eigenvalue weighted by atomic mass is 32.1. The number of benzene rings is 1. The normalized spacial score (nSPS) is 15.9. The minimum absolute atomic E-state index is 0.759.